The van der Waals surface area contributed by atoms with Gasteiger partial charge in [0.15, 0.2) is 0 Å². The highest BCUT2D eigenvalue weighted by atomic mass is 16.1. The van der Waals surface area contributed by atoms with Gasteiger partial charge in [-0.2, -0.15) is 0 Å². The van der Waals surface area contributed by atoms with E-state index in [9.17, 15) is 4.79 Å². The third-order valence-corrected chi connectivity index (χ3v) is 2.58. The Morgan fingerprint density at radius 1 is 1.45 bits per heavy atom. The van der Waals surface area contributed by atoms with Gasteiger partial charge in [-0.25, -0.2) is 0 Å². The minimum Gasteiger partial charge on any atom is -0.303 e. The van der Waals surface area contributed by atoms with E-state index in [1.54, 1.807) is 0 Å². The number of hydrogen-bond acceptors (Lipinski definition) is 1. The van der Waals surface area contributed by atoms with Crippen LogP contribution in [0.4, 0.5) is 0 Å². The first kappa shape index (κ1) is 8.25. The second-order valence-corrected chi connectivity index (χ2v) is 3.17. The lowest BCUT2D eigenvalue weighted by Crippen LogP contribution is -2.09. The highest BCUT2D eigenvalue weighted by molar-refractivity contribution is 5.62. The second-order valence-electron chi connectivity index (χ2n) is 3.17. The summed E-state index contributed by atoms with van der Waals surface area (Å²) in [5.41, 5.74) is 3.84. The van der Waals surface area contributed by atoms with Gasteiger partial charge in [-0.05, 0) is 32.8 Å². The second kappa shape index (κ2) is 3.04. The molecule has 0 N–H and O–H groups in total. The van der Waals surface area contributed by atoms with Gasteiger partial charge >= 0.3 is 0 Å². The van der Waals surface area contributed by atoms with Crippen LogP contribution >= 0.6 is 0 Å². The summed E-state index contributed by atoms with van der Waals surface area (Å²) in [5.74, 6) is 0.138. The Bertz CT molecular complexity index is 233. The van der Waals surface area contributed by atoms with Crippen LogP contribution in [-0.4, -0.2) is 6.29 Å². The summed E-state index contributed by atoms with van der Waals surface area (Å²) < 4.78 is 0. The first-order valence-electron chi connectivity index (χ1n) is 3.96. The SMILES string of the molecule is CC1=CCC(C=O)C(C)=C1C. The normalized spacial score (nSPS) is 25.0. The Kier molecular flexibility index (Phi) is 2.28. The molecule has 0 aromatic rings. The fraction of sp³-hybridized carbons (Fsp3) is 0.500. The van der Waals surface area contributed by atoms with Crippen molar-refractivity contribution in [3.05, 3.63) is 22.8 Å². The average molecular weight is 150 g/mol. The maximum absolute atomic E-state index is 10.6. The number of hydrogen-bond donors (Lipinski definition) is 0. The first-order chi connectivity index (χ1) is 5.16. The van der Waals surface area contributed by atoms with E-state index in [4.69, 9.17) is 0 Å². The zero-order chi connectivity index (χ0) is 8.43. The van der Waals surface area contributed by atoms with Gasteiger partial charge < -0.3 is 4.79 Å². The standard InChI is InChI=1S/C10H14O/c1-7-4-5-10(6-11)9(3)8(7)2/h4,6,10H,5H2,1-3H3. The predicted octanol–water partition coefficient (Wildman–Crippen LogP) is 2.49. The Balaban J connectivity index is 2.96. The molecule has 1 aliphatic carbocycles. The minimum atomic E-state index is 0.138. The zero-order valence-electron chi connectivity index (χ0n) is 7.35. The quantitative estimate of drug-likeness (QED) is 0.525. The molecule has 0 saturated heterocycles. The molecule has 1 heteroatoms. The van der Waals surface area contributed by atoms with Crippen LogP contribution in [0, 0.1) is 5.92 Å². The van der Waals surface area contributed by atoms with Gasteiger partial charge in [0.25, 0.3) is 0 Å². The fourth-order valence-corrected chi connectivity index (χ4v) is 1.38. The molecule has 0 amide bonds. The minimum absolute atomic E-state index is 0.138. The van der Waals surface area contributed by atoms with Crippen LogP contribution in [0.5, 0.6) is 0 Å². The molecule has 0 aromatic heterocycles. The van der Waals surface area contributed by atoms with E-state index in [-0.39, 0.29) is 5.92 Å². The van der Waals surface area contributed by atoms with E-state index in [1.807, 2.05) is 6.92 Å². The van der Waals surface area contributed by atoms with Crippen molar-refractivity contribution >= 4 is 6.29 Å². The van der Waals surface area contributed by atoms with Crippen molar-refractivity contribution in [2.24, 2.45) is 5.92 Å². The Hall–Kier alpha value is -0.850. The van der Waals surface area contributed by atoms with Crippen LogP contribution in [0.15, 0.2) is 22.8 Å². The van der Waals surface area contributed by atoms with Gasteiger partial charge in [0, 0.05) is 5.92 Å². The van der Waals surface area contributed by atoms with E-state index in [0.717, 1.165) is 12.7 Å². The first-order valence-corrected chi connectivity index (χ1v) is 3.96. The molecular weight excluding hydrogens is 136 g/mol. The Labute approximate surface area is 67.8 Å². The van der Waals surface area contributed by atoms with Crippen molar-refractivity contribution < 1.29 is 4.79 Å². The molecule has 0 saturated carbocycles. The maximum Gasteiger partial charge on any atom is 0.127 e. The summed E-state index contributed by atoms with van der Waals surface area (Å²) in [7, 11) is 0. The Morgan fingerprint density at radius 2 is 2.09 bits per heavy atom. The summed E-state index contributed by atoms with van der Waals surface area (Å²) >= 11 is 0. The number of carbonyl (C=O) groups is 1. The maximum atomic E-state index is 10.6. The van der Waals surface area contributed by atoms with Gasteiger partial charge in [0.1, 0.15) is 6.29 Å². The molecule has 0 aliphatic heterocycles. The molecule has 1 aliphatic rings. The summed E-state index contributed by atoms with van der Waals surface area (Å²) in [4.78, 5) is 10.6. The number of carbonyl (C=O) groups excluding carboxylic acids is 1. The van der Waals surface area contributed by atoms with E-state index in [0.29, 0.717) is 0 Å². The number of allylic oxidation sites excluding steroid dienone is 4. The van der Waals surface area contributed by atoms with Crippen LogP contribution in [-0.2, 0) is 4.79 Å². The molecule has 0 radical (unpaired) electrons. The largest absolute Gasteiger partial charge is 0.303 e. The lowest BCUT2D eigenvalue weighted by atomic mass is 9.86. The monoisotopic (exact) mass is 150 g/mol. The van der Waals surface area contributed by atoms with Gasteiger partial charge in [0.05, 0.1) is 0 Å². The van der Waals surface area contributed by atoms with Crippen molar-refractivity contribution in [2.75, 3.05) is 0 Å². The van der Waals surface area contributed by atoms with Crippen LogP contribution < -0.4 is 0 Å². The van der Waals surface area contributed by atoms with E-state index >= 15 is 0 Å². The molecule has 0 bridgehead atoms. The number of aldehydes is 1. The lowest BCUT2D eigenvalue weighted by Gasteiger charge is -2.18. The van der Waals surface area contributed by atoms with Crippen molar-refractivity contribution in [3.63, 3.8) is 0 Å². The third kappa shape index (κ3) is 1.42. The van der Waals surface area contributed by atoms with E-state index in [1.165, 1.54) is 16.7 Å². The van der Waals surface area contributed by atoms with Crippen LogP contribution in [0.25, 0.3) is 0 Å². The highest BCUT2D eigenvalue weighted by Gasteiger charge is 2.15. The lowest BCUT2D eigenvalue weighted by molar-refractivity contribution is -0.110. The van der Waals surface area contributed by atoms with Crippen molar-refractivity contribution in [1.82, 2.24) is 0 Å². The molecule has 11 heavy (non-hydrogen) atoms. The molecule has 1 atom stereocenters. The van der Waals surface area contributed by atoms with Crippen molar-refractivity contribution in [1.29, 1.82) is 0 Å². The van der Waals surface area contributed by atoms with Crippen LogP contribution in [0.1, 0.15) is 27.2 Å². The zero-order valence-corrected chi connectivity index (χ0v) is 7.35. The topological polar surface area (TPSA) is 17.1 Å². The number of rotatable bonds is 1. The third-order valence-electron chi connectivity index (χ3n) is 2.58. The van der Waals surface area contributed by atoms with Crippen molar-refractivity contribution in [2.45, 2.75) is 27.2 Å². The molecule has 0 spiro atoms. The fourth-order valence-electron chi connectivity index (χ4n) is 1.38. The molecule has 60 valence electrons. The van der Waals surface area contributed by atoms with E-state index < -0.39 is 0 Å². The average Bonchev–Trinajstić information content (AvgIpc) is 2.01. The van der Waals surface area contributed by atoms with Crippen LogP contribution in [0.3, 0.4) is 0 Å². The Morgan fingerprint density at radius 3 is 2.64 bits per heavy atom. The summed E-state index contributed by atoms with van der Waals surface area (Å²) in [5, 5.41) is 0. The molecule has 1 nitrogen and oxygen atoms in total. The summed E-state index contributed by atoms with van der Waals surface area (Å²) in [6.45, 7) is 6.22. The van der Waals surface area contributed by atoms with Crippen LogP contribution in [0.2, 0.25) is 0 Å². The van der Waals surface area contributed by atoms with Gasteiger partial charge in [-0.15, -0.1) is 0 Å². The molecule has 1 unspecified atom stereocenters. The molecular formula is C10H14O. The predicted molar refractivity (Wildman–Crippen MR) is 46.3 cm³/mol. The molecule has 0 heterocycles. The summed E-state index contributed by atoms with van der Waals surface area (Å²) in [6, 6.07) is 0. The smallest absolute Gasteiger partial charge is 0.127 e. The molecule has 0 aromatic carbocycles. The summed E-state index contributed by atoms with van der Waals surface area (Å²) in [6.07, 6.45) is 4.07. The van der Waals surface area contributed by atoms with Gasteiger partial charge in [0.2, 0.25) is 0 Å². The van der Waals surface area contributed by atoms with E-state index in [2.05, 4.69) is 19.9 Å². The highest BCUT2D eigenvalue weighted by Crippen LogP contribution is 2.27. The molecule has 1 rings (SSSR count). The van der Waals surface area contributed by atoms with Gasteiger partial charge in [-0.3, -0.25) is 0 Å². The molecule has 0 fully saturated rings. The van der Waals surface area contributed by atoms with Crippen molar-refractivity contribution in [3.8, 4) is 0 Å². The van der Waals surface area contributed by atoms with Gasteiger partial charge in [-0.1, -0.05) is 17.2 Å².